The molecule has 0 aliphatic heterocycles. The van der Waals surface area contributed by atoms with Crippen LogP contribution in [0.3, 0.4) is 0 Å². The molecule has 0 fully saturated rings. The number of hydrogen-bond acceptors (Lipinski definition) is 4. The molecule has 7 heteroatoms. The Balaban J connectivity index is 5.79. The average molecular weight is 429 g/mol. The van der Waals surface area contributed by atoms with E-state index in [1.54, 1.807) is 14.1 Å². The van der Waals surface area contributed by atoms with E-state index in [0.29, 0.717) is 12.8 Å². The number of nitrogens with zero attached hydrogens (tertiary/aromatic N) is 1. The highest BCUT2D eigenvalue weighted by Gasteiger charge is 2.60. The van der Waals surface area contributed by atoms with E-state index in [0.717, 1.165) is 25.7 Å². The second kappa shape index (κ2) is 12.3. The monoisotopic (exact) mass is 428 g/mol. The van der Waals surface area contributed by atoms with Crippen molar-refractivity contribution in [1.29, 1.82) is 0 Å². The smallest absolute Gasteiger partial charge is 0.371 e. The van der Waals surface area contributed by atoms with Crippen LogP contribution in [-0.4, -0.2) is 52.6 Å². The van der Waals surface area contributed by atoms with Crippen LogP contribution >= 0.6 is 0 Å². The van der Waals surface area contributed by atoms with Gasteiger partial charge in [-0.1, -0.05) is 65.2 Å². The molecule has 0 heterocycles. The lowest BCUT2D eigenvalue weighted by Crippen LogP contribution is -2.78. The van der Waals surface area contributed by atoms with Crippen molar-refractivity contribution in [2.45, 2.75) is 109 Å². The normalized spacial score (nSPS) is 17.0. The standard InChI is InChI=1S/C23H44N2O5/c1-7-9-10-11-12-13-14-15-18(17-19(24)26)22(3,16-8-2)25(5,6)23(4,20(27)28)21(29)30/h18H,7-17H2,1-6H3,(H3-,24,26,27,28,29,30). The van der Waals surface area contributed by atoms with Crippen LogP contribution in [0.15, 0.2) is 0 Å². The second-order valence-electron chi connectivity index (χ2n) is 9.50. The Morgan fingerprint density at radius 3 is 1.87 bits per heavy atom. The van der Waals surface area contributed by atoms with E-state index < -0.39 is 28.9 Å². The molecule has 3 atom stereocenters. The number of aliphatic carboxylic acids is 2. The van der Waals surface area contributed by atoms with Gasteiger partial charge in [0.25, 0.3) is 0 Å². The maximum absolute atomic E-state index is 12.1. The summed E-state index contributed by atoms with van der Waals surface area (Å²) >= 11 is 0. The van der Waals surface area contributed by atoms with Crippen LogP contribution in [-0.2, 0) is 14.4 Å². The van der Waals surface area contributed by atoms with Gasteiger partial charge in [-0.05, 0) is 13.3 Å². The molecule has 3 unspecified atom stereocenters. The predicted octanol–water partition coefficient (Wildman–Crippen LogP) is 2.85. The molecule has 176 valence electrons. The maximum Gasteiger partial charge on any atom is 0.371 e. The molecule has 30 heavy (non-hydrogen) atoms. The third kappa shape index (κ3) is 6.43. The van der Waals surface area contributed by atoms with Gasteiger partial charge in [0.05, 0.1) is 14.1 Å². The molecule has 0 rings (SSSR count). The summed E-state index contributed by atoms with van der Waals surface area (Å²) in [5.74, 6) is -3.74. The highest BCUT2D eigenvalue weighted by molar-refractivity contribution is 6.00. The Morgan fingerprint density at radius 1 is 0.967 bits per heavy atom. The summed E-state index contributed by atoms with van der Waals surface area (Å²) in [6, 6.07) is 0. The first-order chi connectivity index (χ1) is 13.8. The van der Waals surface area contributed by atoms with Gasteiger partial charge in [0.1, 0.15) is 11.5 Å². The Kier molecular flexibility index (Phi) is 11.6. The predicted molar refractivity (Wildman–Crippen MR) is 116 cm³/mol. The van der Waals surface area contributed by atoms with Crippen molar-refractivity contribution in [3.05, 3.63) is 0 Å². The zero-order valence-corrected chi connectivity index (χ0v) is 20.0. The summed E-state index contributed by atoms with van der Waals surface area (Å²) in [5.41, 5.74) is 2.62. The summed E-state index contributed by atoms with van der Waals surface area (Å²) in [5, 5.41) is 21.8. The lowest BCUT2D eigenvalue weighted by atomic mass is 9.71. The molecule has 0 bridgehead atoms. The number of hydrogen-bond donors (Lipinski definition) is 2. The molecule has 0 aliphatic carbocycles. The SMILES string of the molecule is CCCCCCCCCC(CC(N)=O)C(C)(CCC)[N+](C)(C)C(C)(C(=O)[O-])C(=O)O. The first-order valence-electron chi connectivity index (χ1n) is 11.4. The van der Waals surface area contributed by atoms with Crippen LogP contribution in [0.5, 0.6) is 0 Å². The van der Waals surface area contributed by atoms with Crippen LogP contribution < -0.4 is 10.8 Å². The summed E-state index contributed by atoms with van der Waals surface area (Å²) in [7, 11) is 3.25. The number of carboxylic acid groups (broad SMARTS) is 2. The number of carbonyl (C=O) groups excluding carboxylic acids is 2. The van der Waals surface area contributed by atoms with Crippen molar-refractivity contribution < 1.29 is 29.1 Å². The van der Waals surface area contributed by atoms with Crippen LogP contribution in [0.2, 0.25) is 0 Å². The Bertz CT molecular complexity index is 562. The summed E-state index contributed by atoms with van der Waals surface area (Å²) in [6.45, 7) is 7.26. The number of carboxylic acids is 2. The van der Waals surface area contributed by atoms with E-state index in [4.69, 9.17) is 5.73 Å². The number of primary amides is 1. The highest BCUT2D eigenvalue weighted by atomic mass is 16.4. The first kappa shape index (κ1) is 28.4. The Morgan fingerprint density at radius 2 is 1.47 bits per heavy atom. The molecular formula is C23H44N2O5. The number of unbranched alkanes of at least 4 members (excludes halogenated alkanes) is 6. The van der Waals surface area contributed by atoms with Gasteiger partial charge in [-0.3, -0.25) is 4.79 Å². The van der Waals surface area contributed by atoms with E-state index in [1.807, 2.05) is 13.8 Å². The third-order valence-corrected chi connectivity index (χ3v) is 7.45. The molecule has 0 aromatic heterocycles. The minimum Gasteiger partial charge on any atom is -0.543 e. The molecule has 0 spiro atoms. The van der Waals surface area contributed by atoms with Crippen LogP contribution in [0.1, 0.15) is 98.3 Å². The zero-order chi connectivity index (χ0) is 23.6. The fraction of sp³-hybridized carbons (Fsp3) is 0.870. The van der Waals surface area contributed by atoms with Gasteiger partial charge in [-0.15, -0.1) is 0 Å². The molecule has 0 aromatic carbocycles. The van der Waals surface area contributed by atoms with Crippen LogP contribution in [0, 0.1) is 5.92 Å². The first-order valence-corrected chi connectivity index (χ1v) is 11.4. The van der Waals surface area contributed by atoms with E-state index >= 15 is 0 Å². The lowest BCUT2D eigenvalue weighted by molar-refractivity contribution is -0.974. The van der Waals surface area contributed by atoms with Gasteiger partial charge in [0.15, 0.2) is 0 Å². The van der Waals surface area contributed by atoms with Gasteiger partial charge in [0.2, 0.25) is 11.4 Å². The van der Waals surface area contributed by atoms with Crippen LogP contribution in [0.4, 0.5) is 0 Å². The van der Waals surface area contributed by atoms with Crippen molar-refractivity contribution in [1.82, 2.24) is 0 Å². The molecule has 1 amide bonds. The van der Waals surface area contributed by atoms with Crippen molar-refractivity contribution >= 4 is 17.8 Å². The average Bonchev–Trinajstić information content (AvgIpc) is 2.64. The quantitative estimate of drug-likeness (QED) is 0.210. The zero-order valence-electron chi connectivity index (χ0n) is 20.0. The number of quaternary nitrogens is 1. The van der Waals surface area contributed by atoms with Crippen molar-refractivity contribution in [3.63, 3.8) is 0 Å². The molecular weight excluding hydrogens is 384 g/mol. The maximum atomic E-state index is 12.1. The molecule has 3 N–H and O–H groups in total. The molecule has 0 saturated carbocycles. The van der Waals surface area contributed by atoms with Crippen LogP contribution in [0.25, 0.3) is 0 Å². The van der Waals surface area contributed by atoms with Gasteiger partial charge in [0, 0.05) is 25.7 Å². The fourth-order valence-corrected chi connectivity index (χ4v) is 4.74. The number of carbonyl (C=O) groups is 3. The summed E-state index contributed by atoms with van der Waals surface area (Å²) in [6.07, 6.45) is 10.0. The molecule has 0 aliphatic rings. The lowest BCUT2D eigenvalue weighted by Gasteiger charge is -2.57. The van der Waals surface area contributed by atoms with Crippen molar-refractivity contribution in [2.24, 2.45) is 11.7 Å². The minimum atomic E-state index is -2.15. The minimum absolute atomic E-state index is 0.108. The number of rotatable bonds is 17. The van der Waals surface area contributed by atoms with Crippen molar-refractivity contribution in [2.75, 3.05) is 14.1 Å². The summed E-state index contributed by atoms with van der Waals surface area (Å²) in [4.78, 5) is 35.9. The molecule has 7 nitrogen and oxygen atoms in total. The van der Waals surface area contributed by atoms with Gasteiger partial charge in [-0.25, -0.2) is 4.79 Å². The largest absolute Gasteiger partial charge is 0.543 e. The van der Waals surface area contributed by atoms with Gasteiger partial charge >= 0.3 is 5.97 Å². The van der Waals surface area contributed by atoms with E-state index in [2.05, 4.69) is 6.92 Å². The fourth-order valence-electron chi connectivity index (χ4n) is 4.74. The van der Waals surface area contributed by atoms with Gasteiger partial charge in [-0.2, -0.15) is 0 Å². The summed E-state index contributed by atoms with van der Waals surface area (Å²) < 4.78 is -0.319. The third-order valence-electron chi connectivity index (χ3n) is 7.45. The van der Waals surface area contributed by atoms with Crippen molar-refractivity contribution in [3.8, 4) is 0 Å². The van der Waals surface area contributed by atoms with E-state index in [1.165, 1.54) is 32.6 Å². The number of amides is 1. The Labute approximate surface area is 182 Å². The highest BCUT2D eigenvalue weighted by Crippen LogP contribution is 2.43. The Hall–Kier alpha value is -1.63. The second-order valence-corrected chi connectivity index (χ2v) is 9.50. The molecule has 0 aromatic rings. The number of nitrogens with two attached hydrogens (primary N) is 1. The van der Waals surface area contributed by atoms with E-state index in [9.17, 15) is 24.6 Å². The molecule has 0 saturated heterocycles. The topological polar surface area (TPSA) is 121 Å². The van der Waals surface area contributed by atoms with Gasteiger partial charge < -0.3 is 25.2 Å². The van der Waals surface area contributed by atoms with E-state index in [-0.39, 0.29) is 16.8 Å². The molecule has 0 radical (unpaired) electrons. The number of likely N-dealkylation sites (N-methyl/N-ethyl adjacent to an activating group) is 1.